The number of nitrogens with one attached hydrogen (secondary N) is 1. The number of nitrogens with zero attached hydrogens (tertiary/aromatic N) is 3. The molecule has 2 heterocycles. The van der Waals surface area contributed by atoms with Crippen LogP contribution in [-0.4, -0.2) is 40.8 Å². The SMILES string of the molecule is CCNc1nc(C)cc(N2CCCCCC2CO)n1. The zero-order valence-corrected chi connectivity index (χ0v) is 11.9. The summed E-state index contributed by atoms with van der Waals surface area (Å²) in [7, 11) is 0. The fraction of sp³-hybridized carbons (Fsp3) is 0.714. The molecule has 0 bridgehead atoms. The van der Waals surface area contributed by atoms with Crippen LogP contribution in [0.2, 0.25) is 0 Å². The van der Waals surface area contributed by atoms with Crippen molar-refractivity contribution in [1.82, 2.24) is 9.97 Å². The van der Waals surface area contributed by atoms with Gasteiger partial charge in [0, 0.05) is 24.8 Å². The third-order valence-electron chi connectivity index (χ3n) is 3.56. The molecule has 5 heteroatoms. The number of aliphatic hydroxyl groups is 1. The Bertz CT molecular complexity index is 410. The van der Waals surface area contributed by atoms with Crippen molar-refractivity contribution in [3.63, 3.8) is 0 Å². The van der Waals surface area contributed by atoms with Crippen molar-refractivity contribution in [3.8, 4) is 0 Å². The lowest BCUT2D eigenvalue weighted by Gasteiger charge is -2.30. The van der Waals surface area contributed by atoms with Gasteiger partial charge in [0.25, 0.3) is 0 Å². The summed E-state index contributed by atoms with van der Waals surface area (Å²) < 4.78 is 0. The van der Waals surface area contributed by atoms with Crippen LogP contribution in [0.1, 0.15) is 38.3 Å². The standard InChI is InChI=1S/C14H24N4O/c1-3-15-14-16-11(2)9-13(17-14)18-8-6-4-5-7-12(18)10-19/h9,12,19H,3-8,10H2,1-2H3,(H,15,16,17). The first kappa shape index (κ1) is 14.1. The zero-order valence-electron chi connectivity index (χ0n) is 11.9. The van der Waals surface area contributed by atoms with Crippen molar-refractivity contribution in [2.75, 3.05) is 29.9 Å². The van der Waals surface area contributed by atoms with Crippen molar-refractivity contribution in [1.29, 1.82) is 0 Å². The maximum absolute atomic E-state index is 9.59. The molecule has 1 aliphatic rings. The molecule has 19 heavy (non-hydrogen) atoms. The van der Waals surface area contributed by atoms with E-state index in [9.17, 15) is 5.11 Å². The van der Waals surface area contributed by atoms with E-state index in [1.807, 2.05) is 19.9 Å². The minimum absolute atomic E-state index is 0.186. The number of hydrogen-bond donors (Lipinski definition) is 2. The molecule has 106 valence electrons. The first-order valence-corrected chi connectivity index (χ1v) is 7.21. The number of aromatic nitrogens is 2. The minimum atomic E-state index is 0.186. The van der Waals surface area contributed by atoms with E-state index in [1.165, 1.54) is 12.8 Å². The summed E-state index contributed by atoms with van der Waals surface area (Å²) in [5.74, 6) is 1.61. The van der Waals surface area contributed by atoms with E-state index in [1.54, 1.807) is 0 Å². The molecule has 2 N–H and O–H groups in total. The second kappa shape index (κ2) is 6.70. The van der Waals surface area contributed by atoms with Crippen LogP contribution < -0.4 is 10.2 Å². The van der Waals surface area contributed by atoms with Crippen LogP contribution >= 0.6 is 0 Å². The van der Waals surface area contributed by atoms with Gasteiger partial charge in [-0.3, -0.25) is 0 Å². The van der Waals surface area contributed by atoms with Gasteiger partial charge in [-0.25, -0.2) is 4.98 Å². The first-order chi connectivity index (χ1) is 9.24. The summed E-state index contributed by atoms with van der Waals surface area (Å²) in [6, 6.07) is 2.20. The van der Waals surface area contributed by atoms with Gasteiger partial charge in [0.05, 0.1) is 12.6 Å². The molecule has 5 nitrogen and oxygen atoms in total. The Morgan fingerprint density at radius 3 is 2.95 bits per heavy atom. The molecule has 1 saturated heterocycles. The average Bonchev–Trinajstić information content (AvgIpc) is 2.63. The Hall–Kier alpha value is -1.36. The molecule has 2 rings (SSSR count). The summed E-state index contributed by atoms with van der Waals surface area (Å²) in [6.45, 7) is 5.99. The molecule has 0 radical (unpaired) electrons. The predicted octanol–water partition coefficient (Wildman–Crippen LogP) is 1.96. The van der Waals surface area contributed by atoms with Crippen LogP contribution in [-0.2, 0) is 0 Å². The Morgan fingerprint density at radius 1 is 1.37 bits per heavy atom. The Morgan fingerprint density at radius 2 is 2.21 bits per heavy atom. The molecule has 0 aliphatic carbocycles. The van der Waals surface area contributed by atoms with Gasteiger partial charge in [0.1, 0.15) is 5.82 Å². The van der Waals surface area contributed by atoms with Crippen molar-refractivity contribution in [2.24, 2.45) is 0 Å². The maximum atomic E-state index is 9.59. The lowest BCUT2D eigenvalue weighted by atomic mass is 10.1. The van der Waals surface area contributed by atoms with Gasteiger partial charge < -0.3 is 15.3 Å². The minimum Gasteiger partial charge on any atom is -0.394 e. The average molecular weight is 264 g/mol. The lowest BCUT2D eigenvalue weighted by Crippen LogP contribution is -2.38. The number of anilines is 2. The molecular formula is C14H24N4O. The van der Waals surface area contributed by atoms with Crippen molar-refractivity contribution < 1.29 is 5.11 Å². The second-order valence-corrected chi connectivity index (χ2v) is 5.10. The zero-order chi connectivity index (χ0) is 13.7. The van der Waals surface area contributed by atoms with E-state index in [0.29, 0.717) is 5.95 Å². The van der Waals surface area contributed by atoms with Gasteiger partial charge in [-0.15, -0.1) is 0 Å². The Balaban J connectivity index is 2.26. The quantitative estimate of drug-likeness (QED) is 0.870. The fourth-order valence-electron chi connectivity index (χ4n) is 2.60. The monoisotopic (exact) mass is 264 g/mol. The summed E-state index contributed by atoms with van der Waals surface area (Å²) in [5, 5.41) is 12.8. The predicted molar refractivity (Wildman–Crippen MR) is 77.6 cm³/mol. The highest BCUT2D eigenvalue weighted by atomic mass is 16.3. The molecular weight excluding hydrogens is 240 g/mol. The maximum Gasteiger partial charge on any atom is 0.224 e. The van der Waals surface area contributed by atoms with Gasteiger partial charge in [-0.2, -0.15) is 4.98 Å². The number of aliphatic hydroxyl groups excluding tert-OH is 1. The van der Waals surface area contributed by atoms with Crippen molar-refractivity contribution >= 4 is 11.8 Å². The van der Waals surface area contributed by atoms with Crippen LogP contribution in [0.4, 0.5) is 11.8 Å². The fourth-order valence-corrected chi connectivity index (χ4v) is 2.60. The van der Waals surface area contributed by atoms with Gasteiger partial charge in [0.2, 0.25) is 5.95 Å². The molecule has 1 aliphatic heterocycles. The second-order valence-electron chi connectivity index (χ2n) is 5.10. The van der Waals surface area contributed by atoms with Crippen LogP contribution in [0.25, 0.3) is 0 Å². The molecule has 1 aromatic rings. The third-order valence-corrected chi connectivity index (χ3v) is 3.56. The van der Waals surface area contributed by atoms with Gasteiger partial charge in [0.15, 0.2) is 0 Å². The van der Waals surface area contributed by atoms with Crippen molar-refractivity contribution in [2.45, 2.75) is 45.6 Å². The number of hydrogen-bond acceptors (Lipinski definition) is 5. The summed E-state index contributed by atoms with van der Waals surface area (Å²) in [5.41, 5.74) is 0.960. The number of aryl methyl sites for hydroxylation is 1. The van der Waals surface area contributed by atoms with Crippen LogP contribution in [0, 0.1) is 6.92 Å². The van der Waals surface area contributed by atoms with E-state index in [2.05, 4.69) is 20.2 Å². The highest BCUT2D eigenvalue weighted by Crippen LogP contribution is 2.23. The Kier molecular flexibility index (Phi) is 4.96. The topological polar surface area (TPSA) is 61.3 Å². The molecule has 0 aromatic carbocycles. The van der Waals surface area contributed by atoms with Crippen LogP contribution in [0.5, 0.6) is 0 Å². The van der Waals surface area contributed by atoms with Gasteiger partial charge in [-0.1, -0.05) is 12.8 Å². The molecule has 1 aromatic heterocycles. The molecule has 0 saturated carbocycles. The van der Waals surface area contributed by atoms with Crippen LogP contribution in [0.3, 0.4) is 0 Å². The summed E-state index contributed by atoms with van der Waals surface area (Å²) in [4.78, 5) is 11.2. The van der Waals surface area contributed by atoms with Gasteiger partial charge in [-0.05, 0) is 26.7 Å². The molecule has 0 spiro atoms. The highest BCUT2D eigenvalue weighted by molar-refractivity contribution is 5.46. The van der Waals surface area contributed by atoms with E-state index < -0.39 is 0 Å². The molecule has 1 unspecified atom stereocenters. The first-order valence-electron chi connectivity index (χ1n) is 7.21. The van der Waals surface area contributed by atoms with Crippen molar-refractivity contribution in [3.05, 3.63) is 11.8 Å². The Labute approximate surface area is 115 Å². The number of rotatable bonds is 4. The smallest absolute Gasteiger partial charge is 0.224 e. The van der Waals surface area contributed by atoms with E-state index in [0.717, 1.165) is 37.4 Å². The highest BCUT2D eigenvalue weighted by Gasteiger charge is 2.22. The van der Waals surface area contributed by atoms with E-state index >= 15 is 0 Å². The normalized spacial score (nSPS) is 20.2. The van der Waals surface area contributed by atoms with E-state index in [4.69, 9.17) is 0 Å². The largest absolute Gasteiger partial charge is 0.394 e. The van der Waals surface area contributed by atoms with Gasteiger partial charge >= 0.3 is 0 Å². The van der Waals surface area contributed by atoms with E-state index in [-0.39, 0.29) is 12.6 Å². The molecule has 1 atom stereocenters. The summed E-state index contributed by atoms with van der Waals surface area (Å²) in [6.07, 6.45) is 4.62. The lowest BCUT2D eigenvalue weighted by molar-refractivity contribution is 0.254. The third kappa shape index (κ3) is 3.56. The summed E-state index contributed by atoms with van der Waals surface area (Å²) >= 11 is 0. The van der Waals surface area contributed by atoms with Crippen LogP contribution in [0.15, 0.2) is 6.07 Å². The molecule has 1 fully saturated rings. The molecule has 0 amide bonds.